The van der Waals surface area contributed by atoms with Crippen LogP contribution in [0.1, 0.15) is 12.8 Å². The minimum Gasteiger partial charge on any atom is -0.158 e. The summed E-state index contributed by atoms with van der Waals surface area (Å²) in [5.74, 6) is 1.37. The molecule has 1 aliphatic heterocycles. The van der Waals surface area contributed by atoms with Gasteiger partial charge < -0.3 is 0 Å². The third-order valence-electron chi connectivity index (χ3n) is 1.22. The lowest BCUT2D eigenvalue weighted by atomic mass is 10.2. The first-order chi connectivity index (χ1) is 3.43. The van der Waals surface area contributed by atoms with E-state index in [4.69, 9.17) is 0 Å². The molecule has 1 atom stereocenters. The summed E-state index contributed by atoms with van der Waals surface area (Å²) in [6, 6.07) is 0. The average molecular weight is 114 g/mol. The van der Waals surface area contributed by atoms with Gasteiger partial charge in [0.05, 0.1) is 0 Å². The van der Waals surface area contributed by atoms with E-state index in [1.165, 1.54) is 18.6 Å². The molecule has 0 aromatic heterocycles. The van der Waals surface area contributed by atoms with Gasteiger partial charge in [-0.3, -0.25) is 0 Å². The van der Waals surface area contributed by atoms with Crippen LogP contribution in [0.25, 0.3) is 0 Å². The molecule has 0 aromatic rings. The fraction of sp³-hybridized carbons (Fsp3) is 0.667. The summed E-state index contributed by atoms with van der Waals surface area (Å²) in [7, 11) is 0. The SMILES string of the molecule is C=CCC1CCS1. The quantitative estimate of drug-likeness (QED) is 0.495. The van der Waals surface area contributed by atoms with E-state index in [9.17, 15) is 0 Å². The number of allylic oxidation sites excluding steroid dienone is 1. The van der Waals surface area contributed by atoms with Gasteiger partial charge in [0.15, 0.2) is 0 Å². The van der Waals surface area contributed by atoms with Crippen LogP contribution in [0.3, 0.4) is 0 Å². The number of rotatable bonds is 2. The second kappa shape index (κ2) is 2.41. The predicted octanol–water partition coefficient (Wildman–Crippen LogP) is 2.07. The van der Waals surface area contributed by atoms with Gasteiger partial charge in [-0.1, -0.05) is 6.08 Å². The van der Waals surface area contributed by atoms with Gasteiger partial charge in [-0.2, -0.15) is 11.8 Å². The monoisotopic (exact) mass is 114 g/mol. The first-order valence-corrected chi connectivity index (χ1v) is 3.71. The molecule has 0 nitrogen and oxygen atoms in total. The topological polar surface area (TPSA) is 0 Å². The summed E-state index contributed by atoms with van der Waals surface area (Å²) in [6.45, 7) is 3.67. The molecule has 0 saturated carbocycles. The van der Waals surface area contributed by atoms with E-state index >= 15 is 0 Å². The van der Waals surface area contributed by atoms with Crippen molar-refractivity contribution in [2.45, 2.75) is 18.1 Å². The van der Waals surface area contributed by atoms with Gasteiger partial charge >= 0.3 is 0 Å². The van der Waals surface area contributed by atoms with Crippen LogP contribution in [0.2, 0.25) is 0 Å². The van der Waals surface area contributed by atoms with Gasteiger partial charge in [0, 0.05) is 5.25 Å². The smallest absolute Gasteiger partial charge is 0.00892 e. The molecule has 1 aliphatic rings. The molecule has 0 aromatic carbocycles. The average Bonchev–Trinajstić information content (AvgIpc) is 1.55. The second-order valence-electron chi connectivity index (χ2n) is 1.81. The van der Waals surface area contributed by atoms with Crippen LogP contribution in [0.4, 0.5) is 0 Å². The van der Waals surface area contributed by atoms with E-state index in [1.807, 2.05) is 6.08 Å². The molecule has 0 amide bonds. The van der Waals surface area contributed by atoms with E-state index < -0.39 is 0 Å². The van der Waals surface area contributed by atoms with Crippen LogP contribution >= 0.6 is 11.8 Å². The highest BCUT2D eigenvalue weighted by Crippen LogP contribution is 2.30. The van der Waals surface area contributed by atoms with Crippen molar-refractivity contribution in [2.75, 3.05) is 5.75 Å². The molecule has 1 heteroatoms. The lowest BCUT2D eigenvalue weighted by molar-refractivity contribution is 0.797. The van der Waals surface area contributed by atoms with Gasteiger partial charge in [-0.15, -0.1) is 6.58 Å². The normalized spacial score (nSPS) is 28.9. The Morgan fingerprint density at radius 3 is 2.71 bits per heavy atom. The fourth-order valence-electron chi connectivity index (χ4n) is 0.656. The third kappa shape index (κ3) is 1.23. The maximum Gasteiger partial charge on any atom is 0.00892 e. The molecule has 0 aliphatic carbocycles. The maximum atomic E-state index is 3.67. The summed E-state index contributed by atoms with van der Waals surface area (Å²) >= 11 is 2.06. The molecule has 0 bridgehead atoms. The largest absolute Gasteiger partial charge is 0.158 e. The highest BCUT2D eigenvalue weighted by Gasteiger charge is 2.14. The van der Waals surface area contributed by atoms with Crippen LogP contribution in [-0.2, 0) is 0 Å². The highest BCUT2D eigenvalue weighted by atomic mass is 32.2. The standard InChI is InChI=1S/C6H10S/c1-2-3-6-4-5-7-6/h2,6H,1,3-5H2. The van der Waals surface area contributed by atoms with Gasteiger partial charge in [-0.05, 0) is 18.6 Å². The highest BCUT2D eigenvalue weighted by molar-refractivity contribution is 8.01. The van der Waals surface area contributed by atoms with E-state index in [0.717, 1.165) is 5.25 Å². The Labute approximate surface area is 49.0 Å². The number of hydrogen-bond donors (Lipinski definition) is 0. The van der Waals surface area contributed by atoms with Crippen molar-refractivity contribution in [1.29, 1.82) is 0 Å². The maximum absolute atomic E-state index is 3.67. The van der Waals surface area contributed by atoms with Crippen LogP contribution in [-0.4, -0.2) is 11.0 Å². The third-order valence-corrected chi connectivity index (χ3v) is 2.59. The van der Waals surface area contributed by atoms with E-state index in [1.54, 1.807) is 0 Å². The number of hydrogen-bond acceptors (Lipinski definition) is 1. The second-order valence-corrected chi connectivity index (χ2v) is 3.21. The van der Waals surface area contributed by atoms with Crippen LogP contribution in [0.15, 0.2) is 12.7 Å². The Kier molecular flexibility index (Phi) is 1.80. The van der Waals surface area contributed by atoms with Crippen LogP contribution < -0.4 is 0 Å². The molecule has 1 heterocycles. The molecular weight excluding hydrogens is 104 g/mol. The zero-order chi connectivity index (χ0) is 5.11. The molecule has 40 valence electrons. The molecule has 1 rings (SSSR count). The molecule has 0 spiro atoms. The Morgan fingerprint density at radius 1 is 1.86 bits per heavy atom. The van der Waals surface area contributed by atoms with Crippen LogP contribution in [0.5, 0.6) is 0 Å². The van der Waals surface area contributed by atoms with Crippen molar-refractivity contribution in [1.82, 2.24) is 0 Å². The molecule has 0 radical (unpaired) electrons. The fourth-order valence-corrected chi connectivity index (χ4v) is 1.50. The lowest BCUT2D eigenvalue weighted by Gasteiger charge is -2.22. The van der Waals surface area contributed by atoms with E-state index in [-0.39, 0.29) is 0 Å². The zero-order valence-corrected chi connectivity index (χ0v) is 5.21. The summed E-state index contributed by atoms with van der Waals surface area (Å²) in [5.41, 5.74) is 0. The first-order valence-electron chi connectivity index (χ1n) is 2.66. The Morgan fingerprint density at radius 2 is 2.57 bits per heavy atom. The van der Waals surface area contributed by atoms with Gasteiger partial charge in [-0.25, -0.2) is 0 Å². The van der Waals surface area contributed by atoms with Gasteiger partial charge in [0.2, 0.25) is 0 Å². The van der Waals surface area contributed by atoms with Crippen molar-refractivity contribution in [3.05, 3.63) is 12.7 Å². The van der Waals surface area contributed by atoms with Gasteiger partial charge in [0.25, 0.3) is 0 Å². The Balaban J connectivity index is 2.03. The predicted molar refractivity (Wildman–Crippen MR) is 35.7 cm³/mol. The summed E-state index contributed by atoms with van der Waals surface area (Å²) in [5, 5.41) is 0.928. The lowest BCUT2D eigenvalue weighted by Crippen LogP contribution is -2.13. The molecule has 1 unspecified atom stereocenters. The van der Waals surface area contributed by atoms with Crippen molar-refractivity contribution in [3.8, 4) is 0 Å². The van der Waals surface area contributed by atoms with Gasteiger partial charge in [0.1, 0.15) is 0 Å². The summed E-state index contributed by atoms with van der Waals surface area (Å²) in [4.78, 5) is 0. The Hall–Kier alpha value is 0.0900. The zero-order valence-electron chi connectivity index (χ0n) is 4.39. The van der Waals surface area contributed by atoms with E-state index in [2.05, 4.69) is 18.3 Å². The van der Waals surface area contributed by atoms with Crippen molar-refractivity contribution >= 4 is 11.8 Å². The molecule has 0 N–H and O–H groups in total. The number of thioether (sulfide) groups is 1. The Bertz CT molecular complexity index is 64.6. The molecule has 7 heavy (non-hydrogen) atoms. The van der Waals surface area contributed by atoms with Crippen molar-refractivity contribution in [2.24, 2.45) is 0 Å². The minimum absolute atomic E-state index is 0.928. The van der Waals surface area contributed by atoms with E-state index in [0.29, 0.717) is 0 Å². The molecule has 1 fully saturated rings. The minimum atomic E-state index is 0.928. The van der Waals surface area contributed by atoms with Crippen LogP contribution in [0, 0.1) is 0 Å². The summed E-state index contributed by atoms with van der Waals surface area (Å²) in [6.07, 6.45) is 4.64. The summed E-state index contributed by atoms with van der Waals surface area (Å²) < 4.78 is 0. The first kappa shape index (κ1) is 5.23. The molecule has 1 saturated heterocycles. The van der Waals surface area contributed by atoms with Crippen molar-refractivity contribution in [3.63, 3.8) is 0 Å². The molecular formula is C6H10S. The van der Waals surface area contributed by atoms with Crippen molar-refractivity contribution < 1.29 is 0 Å².